The molecule has 17 heavy (non-hydrogen) atoms. The molecular formula is C11H16N2O3S. The molecule has 6 heteroatoms. The highest BCUT2D eigenvalue weighted by Gasteiger charge is 2.20. The minimum absolute atomic E-state index is 0.124. The Balaban J connectivity index is 3.06. The largest absolute Gasteiger partial charge is 0.399 e. The van der Waals surface area contributed by atoms with Crippen molar-refractivity contribution < 1.29 is 13.2 Å². The Labute approximate surface area is 101 Å². The lowest BCUT2D eigenvalue weighted by atomic mass is 10.2. The van der Waals surface area contributed by atoms with Gasteiger partial charge in [-0.2, -0.15) is 0 Å². The lowest BCUT2D eigenvalue weighted by molar-refractivity contribution is -0.125. The standard InChI is InChI=1S/C11H16N2O3S/c1-8-6-9(4-5-10(8)12)17(15,16)7-11(14)13(2)3/h4-6H,7,12H2,1-3H3. The Morgan fingerprint density at radius 3 is 2.41 bits per heavy atom. The lowest BCUT2D eigenvalue weighted by Gasteiger charge is -2.11. The first-order valence-electron chi connectivity index (χ1n) is 5.03. The number of sulfone groups is 1. The monoisotopic (exact) mass is 256 g/mol. The number of aryl methyl sites for hydroxylation is 1. The van der Waals surface area contributed by atoms with E-state index in [1.54, 1.807) is 6.92 Å². The summed E-state index contributed by atoms with van der Waals surface area (Å²) in [5, 5.41) is 0. The van der Waals surface area contributed by atoms with Crippen LogP contribution in [0.5, 0.6) is 0 Å². The van der Waals surface area contributed by atoms with Crippen molar-refractivity contribution in [1.82, 2.24) is 4.90 Å². The van der Waals surface area contributed by atoms with Gasteiger partial charge in [0.25, 0.3) is 0 Å². The average Bonchev–Trinajstić information content (AvgIpc) is 2.21. The van der Waals surface area contributed by atoms with E-state index < -0.39 is 21.5 Å². The van der Waals surface area contributed by atoms with Gasteiger partial charge in [-0.3, -0.25) is 4.79 Å². The molecule has 0 fully saturated rings. The van der Waals surface area contributed by atoms with Gasteiger partial charge < -0.3 is 10.6 Å². The minimum Gasteiger partial charge on any atom is -0.399 e. The van der Waals surface area contributed by atoms with Crippen molar-refractivity contribution in [3.05, 3.63) is 23.8 Å². The molecule has 0 aliphatic heterocycles. The number of rotatable bonds is 3. The van der Waals surface area contributed by atoms with E-state index in [-0.39, 0.29) is 4.90 Å². The molecule has 0 heterocycles. The first-order chi connectivity index (χ1) is 7.74. The van der Waals surface area contributed by atoms with Crippen LogP contribution < -0.4 is 5.73 Å². The molecule has 0 saturated heterocycles. The van der Waals surface area contributed by atoms with Crippen LogP contribution in [-0.2, 0) is 14.6 Å². The molecule has 5 nitrogen and oxygen atoms in total. The van der Waals surface area contributed by atoms with Crippen LogP contribution in [0.25, 0.3) is 0 Å². The summed E-state index contributed by atoms with van der Waals surface area (Å²) < 4.78 is 23.8. The van der Waals surface area contributed by atoms with Gasteiger partial charge in [-0.25, -0.2) is 8.42 Å². The van der Waals surface area contributed by atoms with Gasteiger partial charge in [0.2, 0.25) is 5.91 Å². The molecule has 0 aromatic heterocycles. The number of hydrogen-bond acceptors (Lipinski definition) is 4. The molecule has 1 aromatic rings. The van der Waals surface area contributed by atoms with E-state index in [1.807, 2.05) is 0 Å². The van der Waals surface area contributed by atoms with Crippen LogP contribution in [0, 0.1) is 6.92 Å². The Morgan fingerprint density at radius 2 is 1.94 bits per heavy atom. The molecule has 0 radical (unpaired) electrons. The number of benzene rings is 1. The van der Waals surface area contributed by atoms with Gasteiger partial charge in [-0.15, -0.1) is 0 Å². The Morgan fingerprint density at radius 1 is 1.35 bits per heavy atom. The van der Waals surface area contributed by atoms with Crippen molar-refractivity contribution in [2.24, 2.45) is 0 Å². The fourth-order valence-electron chi connectivity index (χ4n) is 1.22. The molecule has 1 rings (SSSR count). The van der Waals surface area contributed by atoms with E-state index in [4.69, 9.17) is 5.73 Å². The van der Waals surface area contributed by atoms with E-state index in [0.717, 1.165) is 0 Å². The predicted molar refractivity (Wildman–Crippen MR) is 66.3 cm³/mol. The maximum Gasteiger partial charge on any atom is 0.237 e. The van der Waals surface area contributed by atoms with Crippen molar-refractivity contribution in [1.29, 1.82) is 0 Å². The van der Waals surface area contributed by atoms with Gasteiger partial charge in [0.1, 0.15) is 5.75 Å². The number of anilines is 1. The molecule has 0 unspecified atom stereocenters. The minimum atomic E-state index is -3.59. The zero-order valence-corrected chi connectivity index (χ0v) is 10.9. The molecule has 94 valence electrons. The Hall–Kier alpha value is -1.56. The number of nitrogens with two attached hydrogens (primary N) is 1. The second kappa shape index (κ2) is 4.75. The maximum atomic E-state index is 11.9. The lowest BCUT2D eigenvalue weighted by Crippen LogP contribution is -2.29. The molecule has 2 N–H and O–H groups in total. The fraction of sp³-hybridized carbons (Fsp3) is 0.364. The van der Waals surface area contributed by atoms with Crippen LogP contribution >= 0.6 is 0 Å². The number of nitrogens with zero attached hydrogens (tertiary/aromatic N) is 1. The second-order valence-corrected chi connectivity index (χ2v) is 6.06. The summed E-state index contributed by atoms with van der Waals surface area (Å²) in [6.07, 6.45) is 0. The van der Waals surface area contributed by atoms with Crippen molar-refractivity contribution in [3.63, 3.8) is 0 Å². The maximum absolute atomic E-state index is 11.9. The second-order valence-electron chi connectivity index (χ2n) is 4.07. The molecule has 1 amide bonds. The summed E-state index contributed by atoms with van der Waals surface area (Å²) >= 11 is 0. The normalized spacial score (nSPS) is 11.2. The topological polar surface area (TPSA) is 80.5 Å². The van der Waals surface area contributed by atoms with Crippen molar-refractivity contribution in [2.45, 2.75) is 11.8 Å². The molecule has 0 atom stereocenters. The number of hydrogen-bond donors (Lipinski definition) is 1. The van der Waals surface area contributed by atoms with E-state index in [0.29, 0.717) is 11.3 Å². The van der Waals surface area contributed by atoms with Crippen molar-refractivity contribution in [2.75, 3.05) is 25.6 Å². The van der Waals surface area contributed by atoms with Crippen molar-refractivity contribution >= 4 is 21.4 Å². The highest BCUT2D eigenvalue weighted by atomic mass is 32.2. The summed E-state index contributed by atoms with van der Waals surface area (Å²) in [5.41, 5.74) is 6.83. The number of amides is 1. The molecule has 0 saturated carbocycles. The van der Waals surface area contributed by atoms with Crippen LogP contribution in [0.2, 0.25) is 0 Å². The van der Waals surface area contributed by atoms with Gasteiger partial charge >= 0.3 is 0 Å². The number of carbonyl (C=O) groups excluding carboxylic acids is 1. The molecule has 1 aromatic carbocycles. The molecule has 0 aliphatic rings. The average molecular weight is 256 g/mol. The molecule has 0 spiro atoms. The SMILES string of the molecule is Cc1cc(S(=O)(=O)CC(=O)N(C)C)ccc1N. The van der Waals surface area contributed by atoms with Crippen molar-refractivity contribution in [3.8, 4) is 0 Å². The number of carbonyl (C=O) groups is 1. The fourth-order valence-corrected chi connectivity index (χ4v) is 2.60. The molecular weight excluding hydrogens is 240 g/mol. The zero-order valence-electron chi connectivity index (χ0n) is 10.1. The van der Waals surface area contributed by atoms with Crippen LogP contribution in [0.3, 0.4) is 0 Å². The van der Waals surface area contributed by atoms with E-state index in [1.165, 1.54) is 37.2 Å². The van der Waals surface area contributed by atoms with E-state index in [2.05, 4.69) is 0 Å². The third kappa shape index (κ3) is 3.20. The summed E-state index contributed by atoms with van der Waals surface area (Å²) in [6.45, 7) is 1.72. The summed E-state index contributed by atoms with van der Waals surface area (Å²) in [6, 6.07) is 4.43. The van der Waals surface area contributed by atoms with Crippen LogP contribution in [-0.4, -0.2) is 39.1 Å². The first kappa shape index (κ1) is 13.5. The van der Waals surface area contributed by atoms with Crippen LogP contribution in [0.15, 0.2) is 23.1 Å². The summed E-state index contributed by atoms with van der Waals surface area (Å²) in [5.74, 6) is -0.969. The first-order valence-corrected chi connectivity index (χ1v) is 6.68. The van der Waals surface area contributed by atoms with Gasteiger partial charge in [-0.05, 0) is 30.7 Å². The highest BCUT2D eigenvalue weighted by molar-refractivity contribution is 7.92. The zero-order chi connectivity index (χ0) is 13.2. The van der Waals surface area contributed by atoms with Crippen LogP contribution in [0.4, 0.5) is 5.69 Å². The van der Waals surface area contributed by atoms with Gasteiger partial charge in [0.05, 0.1) is 4.90 Å². The quantitative estimate of drug-likeness (QED) is 0.796. The smallest absolute Gasteiger partial charge is 0.237 e. The predicted octanol–water partition coefficient (Wildman–Crippen LogP) is 0.439. The third-order valence-electron chi connectivity index (χ3n) is 2.41. The van der Waals surface area contributed by atoms with Gasteiger partial charge in [0, 0.05) is 19.8 Å². The Bertz CT molecular complexity index is 536. The highest BCUT2D eigenvalue weighted by Crippen LogP contribution is 2.18. The van der Waals surface area contributed by atoms with E-state index in [9.17, 15) is 13.2 Å². The van der Waals surface area contributed by atoms with Gasteiger partial charge in [0.15, 0.2) is 9.84 Å². The third-order valence-corrected chi connectivity index (χ3v) is 4.01. The molecule has 0 bridgehead atoms. The number of nitrogen functional groups attached to an aromatic ring is 1. The summed E-state index contributed by atoms with van der Waals surface area (Å²) in [7, 11) is -0.551. The van der Waals surface area contributed by atoms with E-state index >= 15 is 0 Å². The summed E-state index contributed by atoms with van der Waals surface area (Å²) in [4.78, 5) is 12.8. The van der Waals surface area contributed by atoms with Gasteiger partial charge in [-0.1, -0.05) is 0 Å². The molecule has 0 aliphatic carbocycles. The van der Waals surface area contributed by atoms with Crippen LogP contribution in [0.1, 0.15) is 5.56 Å². The Kier molecular flexibility index (Phi) is 3.77.